The van der Waals surface area contributed by atoms with Gasteiger partial charge in [-0.05, 0) is 79.7 Å². The monoisotopic (exact) mass is 711 g/mol. The molecule has 2 aliphatic rings. The van der Waals surface area contributed by atoms with E-state index in [1.54, 1.807) is 6.07 Å². The number of benzene rings is 1. The number of aliphatic imine (C=N–C) groups is 1. The molecule has 2 aromatic rings. The summed E-state index contributed by atoms with van der Waals surface area (Å²) in [6.07, 6.45) is 13.9. The van der Waals surface area contributed by atoms with E-state index in [4.69, 9.17) is 14.7 Å². The molecule has 3 heterocycles. The summed E-state index contributed by atoms with van der Waals surface area (Å²) in [7, 11) is -8.42. The van der Waals surface area contributed by atoms with E-state index in [-0.39, 0.29) is 73.9 Å². The topological polar surface area (TPSA) is 171 Å². The molecule has 3 N–H and O–H groups in total. The maximum absolute atomic E-state index is 11.8. The molecule has 47 heavy (non-hydrogen) atoms. The first-order valence-electron chi connectivity index (χ1n) is 15.2. The van der Waals surface area contributed by atoms with Crippen LogP contribution in [0.1, 0.15) is 70.9 Å². The van der Waals surface area contributed by atoms with Crippen molar-refractivity contribution in [1.29, 1.82) is 0 Å². The summed E-state index contributed by atoms with van der Waals surface area (Å²) in [4.78, 5) is 17.6. The van der Waals surface area contributed by atoms with Crippen LogP contribution in [0.3, 0.4) is 0 Å². The van der Waals surface area contributed by atoms with Crippen LogP contribution in [0.5, 0.6) is 0 Å². The van der Waals surface area contributed by atoms with Crippen molar-refractivity contribution in [2.45, 2.75) is 82.1 Å². The number of pyridine rings is 1. The second kappa shape index (κ2) is 15.7. The van der Waals surface area contributed by atoms with Gasteiger partial charge in [-0.15, -0.1) is 0 Å². The van der Waals surface area contributed by atoms with Crippen LogP contribution in [0.15, 0.2) is 82.5 Å². The van der Waals surface area contributed by atoms with Gasteiger partial charge in [-0.25, -0.2) is 13.0 Å². The predicted molar refractivity (Wildman–Crippen MR) is 176 cm³/mol. The Bertz CT molecular complexity index is 1850. The molecular formula is C33H42KN3O8S2+2. The summed E-state index contributed by atoms with van der Waals surface area (Å²) in [5, 5.41) is 8.97. The molecule has 4 rings (SSSR count). The molecule has 0 fully saturated rings. The second-order valence-electron chi connectivity index (χ2n) is 12.6. The molecule has 0 atom stereocenters. The Morgan fingerprint density at radius 2 is 1.72 bits per heavy atom. The average Bonchev–Trinajstić information content (AvgIpc) is 3.33. The SMILES string of the molecule is CC1(C)C(/C=C/C=C/C=C2\N(CCCCCC(=O)O)c3ccc(S(=O)(=O)[O-])cc3C2(C)C)=Nc2c1ccc[n+]2CCCS(=O)(=O)[OH2+].[K+]. The normalized spacial score (nSPS) is 17.6. The maximum Gasteiger partial charge on any atom is 1.00 e. The third kappa shape index (κ3) is 9.58. The van der Waals surface area contributed by atoms with Crippen molar-refractivity contribution in [3.8, 4) is 0 Å². The number of hydrogen-bond acceptors (Lipinski definition) is 8. The average molecular weight is 712 g/mol. The number of anilines is 1. The van der Waals surface area contributed by atoms with E-state index >= 15 is 0 Å². The Hall–Kier alpha value is -2.01. The van der Waals surface area contributed by atoms with Crippen LogP contribution >= 0.6 is 0 Å². The number of aromatic nitrogens is 1. The zero-order valence-electron chi connectivity index (χ0n) is 27.6. The summed E-state index contributed by atoms with van der Waals surface area (Å²) >= 11 is 0. The summed E-state index contributed by atoms with van der Waals surface area (Å²) in [6, 6.07) is 8.38. The van der Waals surface area contributed by atoms with Gasteiger partial charge in [0, 0.05) is 36.2 Å². The number of carbonyl (C=O) groups is 1. The van der Waals surface area contributed by atoms with E-state index in [0.717, 1.165) is 46.9 Å². The van der Waals surface area contributed by atoms with E-state index < -0.39 is 31.6 Å². The number of carboxylic acids is 1. The first kappa shape index (κ1) is 39.4. The van der Waals surface area contributed by atoms with Crippen LogP contribution in [0.25, 0.3) is 0 Å². The molecule has 0 bridgehead atoms. The van der Waals surface area contributed by atoms with Crippen molar-refractivity contribution in [3.05, 3.63) is 83.7 Å². The fourth-order valence-corrected chi connectivity index (χ4v) is 7.04. The third-order valence-electron chi connectivity index (χ3n) is 8.55. The molecular weight excluding hydrogens is 670 g/mol. The first-order chi connectivity index (χ1) is 21.4. The Balaban J connectivity index is 0.00000600. The van der Waals surface area contributed by atoms with Crippen LogP contribution in [0, 0.1) is 0 Å². The van der Waals surface area contributed by atoms with Gasteiger partial charge in [-0.3, -0.25) is 4.79 Å². The summed E-state index contributed by atoms with van der Waals surface area (Å²) in [5.74, 6) is -0.275. The number of aryl methyl sites for hydroxylation is 1. The summed E-state index contributed by atoms with van der Waals surface area (Å²) in [6.45, 7) is 9.15. The molecule has 2 aliphatic heterocycles. The van der Waals surface area contributed by atoms with Crippen LogP contribution in [0.4, 0.5) is 11.5 Å². The molecule has 0 radical (unpaired) electrons. The largest absolute Gasteiger partial charge is 1.00 e. The number of nitrogens with zero attached hydrogens (tertiary/aromatic N) is 3. The van der Waals surface area contributed by atoms with Gasteiger partial charge in [-0.1, -0.05) is 38.5 Å². The Kier molecular flexibility index (Phi) is 13.2. The molecule has 0 aliphatic carbocycles. The molecule has 0 saturated heterocycles. The van der Waals surface area contributed by atoms with Gasteiger partial charge in [0.25, 0.3) is 0 Å². The predicted octanol–water partition coefficient (Wildman–Crippen LogP) is 1.13. The number of allylic oxidation sites excluding steroid dienone is 6. The Labute approximate surface area is 320 Å². The van der Waals surface area contributed by atoms with E-state index in [1.807, 2.05) is 67.1 Å². The third-order valence-corrected chi connectivity index (χ3v) is 10.2. The van der Waals surface area contributed by atoms with Crippen LogP contribution in [0.2, 0.25) is 0 Å². The quantitative estimate of drug-likeness (QED) is 0.0759. The van der Waals surface area contributed by atoms with E-state index in [1.165, 1.54) is 12.1 Å². The Morgan fingerprint density at radius 1 is 1.00 bits per heavy atom. The summed E-state index contributed by atoms with van der Waals surface area (Å²) < 4.78 is 67.0. The number of rotatable bonds is 14. The number of hydrogen-bond donors (Lipinski definition) is 1. The molecule has 0 unspecified atom stereocenters. The smallest absolute Gasteiger partial charge is 0.744 e. The van der Waals surface area contributed by atoms with Crippen molar-refractivity contribution in [2.24, 2.45) is 4.99 Å². The van der Waals surface area contributed by atoms with Crippen molar-refractivity contribution in [1.82, 2.24) is 0 Å². The first-order valence-corrected chi connectivity index (χ1v) is 18.2. The van der Waals surface area contributed by atoms with Crippen molar-refractivity contribution in [2.75, 3.05) is 17.2 Å². The maximum atomic E-state index is 11.8. The van der Waals surface area contributed by atoms with Crippen molar-refractivity contribution in [3.63, 3.8) is 0 Å². The minimum Gasteiger partial charge on any atom is -0.744 e. The van der Waals surface area contributed by atoms with Crippen molar-refractivity contribution < 1.29 is 91.8 Å². The van der Waals surface area contributed by atoms with Gasteiger partial charge in [-0.2, -0.15) is 8.42 Å². The van der Waals surface area contributed by atoms with Gasteiger partial charge in [0.1, 0.15) is 15.9 Å². The zero-order valence-corrected chi connectivity index (χ0v) is 32.3. The standard InChI is InChI=1S/C33H41N3O8S2.K/c1-32(2)25-13-11-19-35(20-12-22-45(39,40)41)31(25)34-28(32)14-7-5-8-15-29-33(3,4)26-23-24(46(42,43)44)17-18-27(26)36(29)21-10-6-9-16-30(37)38;/h5,7-8,11,13-15,17-19,23H,6,9-10,12,16,20-22H2,1-4H3,(H2-,37,38,39,40,41,42,43,44);/q;+1/p+1. The molecule has 11 nitrogen and oxygen atoms in total. The molecule has 14 heteroatoms. The molecule has 0 amide bonds. The molecule has 1 aromatic carbocycles. The van der Waals surface area contributed by atoms with Crippen LogP contribution in [-0.2, 0) is 42.4 Å². The number of unbranched alkanes of at least 4 members (excludes halogenated alkanes) is 2. The second-order valence-corrected chi connectivity index (χ2v) is 15.7. The molecule has 0 spiro atoms. The van der Waals surface area contributed by atoms with Gasteiger partial charge in [0.15, 0.2) is 5.71 Å². The zero-order chi connectivity index (χ0) is 33.9. The van der Waals surface area contributed by atoms with Crippen molar-refractivity contribution >= 4 is 43.4 Å². The van der Waals surface area contributed by atoms with Gasteiger partial charge in [0.2, 0.25) is 0 Å². The number of aliphatic carboxylic acids is 1. The minimum atomic E-state index is -4.63. The molecule has 1 aromatic heterocycles. The number of carboxylic acid groups (broad SMARTS) is 1. The Morgan fingerprint density at radius 3 is 2.38 bits per heavy atom. The van der Waals surface area contributed by atoms with Crippen LogP contribution < -0.4 is 60.9 Å². The van der Waals surface area contributed by atoms with Gasteiger partial charge < -0.3 is 19.1 Å². The molecule has 248 valence electrons. The van der Waals surface area contributed by atoms with Crippen LogP contribution in [-0.4, -0.2) is 55.0 Å². The summed E-state index contributed by atoms with van der Waals surface area (Å²) in [5.41, 5.74) is 3.37. The fraction of sp³-hybridized carbons (Fsp3) is 0.424. The van der Waals surface area contributed by atoms with E-state index in [2.05, 4.69) is 18.7 Å². The van der Waals surface area contributed by atoms with E-state index in [9.17, 15) is 26.2 Å². The minimum absolute atomic E-state index is 0. The number of fused-ring (bicyclic) bond motifs is 2. The fourth-order valence-electron chi connectivity index (χ4n) is 6.03. The van der Waals surface area contributed by atoms with Gasteiger partial charge in [0.05, 0.1) is 28.6 Å². The van der Waals surface area contributed by atoms with E-state index in [0.29, 0.717) is 25.9 Å². The molecule has 0 saturated carbocycles. The van der Waals surface area contributed by atoms with Gasteiger partial charge >= 0.3 is 73.3 Å².